The molecule has 0 spiro atoms. The smallest absolute Gasteiger partial charge is 0.163 e. The number of ketones is 1. The molecule has 0 radical (unpaired) electrons. The number of Topliss-reactive ketones (excluding diaryl/α,β-unsaturated/α-hetero) is 1. The molecule has 1 heterocycles. The largest absolute Gasteiger partial charge is 0.294 e. The van der Waals surface area contributed by atoms with Gasteiger partial charge >= 0.3 is 0 Å². The number of benzene rings is 1. The summed E-state index contributed by atoms with van der Waals surface area (Å²) in [5, 5.41) is 0.751. The first-order valence-electron chi connectivity index (χ1n) is 8.14. The first kappa shape index (κ1) is 16.7. The van der Waals surface area contributed by atoms with Gasteiger partial charge in [-0.3, -0.25) is 9.78 Å². The second-order valence-electron chi connectivity index (χ2n) is 6.24. The predicted octanol–water partition coefficient (Wildman–Crippen LogP) is 5.35. The molecule has 0 saturated carbocycles. The standard InChI is InChI=1S/C21H20ClNO/c1-14-10-18(8-9-23-14)19-12-17(15(2)21(24)13-19)7-6-16-4-3-5-20(22)11-16/h3-5,8-12H,6-7,13H2,1-2H3. The van der Waals surface area contributed by atoms with Gasteiger partial charge in [-0.1, -0.05) is 29.8 Å². The summed E-state index contributed by atoms with van der Waals surface area (Å²) in [6, 6.07) is 11.9. The van der Waals surface area contributed by atoms with Gasteiger partial charge in [-0.25, -0.2) is 0 Å². The third-order valence-electron chi connectivity index (χ3n) is 4.44. The molecule has 1 aromatic heterocycles. The van der Waals surface area contributed by atoms with Crippen molar-refractivity contribution in [2.24, 2.45) is 0 Å². The number of aryl methyl sites for hydroxylation is 2. The van der Waals surface area contributed by atoms with Crippen molar-refractivity contribution < 1.29 is 4.79 Å². The number of allylic oxidation sites excluding steroid dienone is 4. The fourth-order valence-corrected chi connectivity index (χ4v) is 3.23. The molecule has 2 nitrogen and oxygen atoms in total. The summed E-state index contributed by atoms with van der Waals surface area (Å²) in [5.74, 6) is 0.211. The van der Waals surface area contributed by atoms with Crippen molar-refractivity contribution in [2.45, 2.75) is 33.1 Å². The summed E-state index contributed by atoms with van der Waals surface area (Å²) in [5.41, 5.74) is 6.33. The topological polar surface area (TPSA) is 30.0 Å². The van der Waals surface area contributed by atoms with Crippen LogP contribution < -0.4 is 0 Å². The lowest BCUT2D eigenvalue weighted by Gasteiger charge is -2.18. The maximum Gasteiger partial charge on any atom is 0.163 e. The van der Waals surface area contributed by atoms with E-state index in [4.69, 9.17) is 11.6 Å². The molecular formula is C21H20ClNO. The van der Waals surface area contributed by atoms with Crippen LogP contribution in [0.2, 0.25) is 5.02 Å². The highest BCUT2D eigenvalue weighted by molar-refractivity contribution is 6.30. The van der Waals surface area contributed by atoms with E-state index in [-0.39, 0.29) is 5.78 Å². The van der Waals surface area contributed by atoms with Gasteiger partial charge in [0, 0.05) is 23.3 Å². The summed E-state index contributed by atoms with van der Waals surface area (Å²) < 4.78 is 0. The molecule has 0 atom stereocenters. The van der Waals surface area contributed by atoms with Crippen molar-refractivity contribution in [3.05, 3.63) is 81.7 Å². The molecule has 3 heteroatoms. The number of carbonyl (C=O) groups excluding carboxylic acids is 1. The molecule has 122 valence electrons. The first-order chi connectivity index (χ1) is 11.5. The normalized spacial score (nSPS) is 14.8. The van der Waals surface area contributed by atoms with Crippen molar-refractivity contribution >= 4 is 23.0 Å². The van der Waals surface area contributed by atoms with E-state index in [1.807, 2.05) is 44.2 Å². The van der Waals surface area contributed by atoms with E-state index in [0.717, 1.165) is 45.8 Å². The minimum absolute atomic E-state index is 0.211. The van der Waals surface area contributed by atoms with Gasteiger partial charge in [-0.05, 0) is 78.8 Å². The van der Waals surface area contributed by atoms with Crippen LogP contribution in [0, 0.1) is 6.92 Å². The lowest BCUT2D eigenvalue weighted by Crippen LogP contribution is -2.10. The number of pyridine rings is 1. The van der Waals surface area contributed by atoms with Crippen molar-refractivity contribution in [3.8, 4) is 0 Å². The van der Waals surface area contributed by atoms with Crippen LogP contribution in [0.1, 0.15) is 36.6 Å². The maximum absolute atomic E-state index is 12.4. The highest BCUT2D eigenvalue weighted by Gasteiger charge is 2.19. The number of carbonyl (C=O) groups is 1. The number of rotatable bonds is 4. The van der Waals surface area contributed by atoms with Gasteiger partial charge in [0.1, 0.15) is 0 Å². The van der Waals surface area contributed by atoms with Gasteiger partial charge in [0.25, 0.3) is 0 Å². The van der Waals surface area contributed by atoms with Crippen molar-refractivity contribution in [2.75, 3.05) is 0 Å². The van der Waals surface area contributed by atoms with Gasteiger partial charge in [0.15, 0.2) is 5.78 Å². The van der Waals surface area contributed by atoms with E-state index in [0.29, 0.717) is 6.42 Å². The van der Waals surface area contributed by atoms with E-state index < -0.39 is 0 Å². The third kappa shape index (κ3) is 3.82. The highest BCUT2D eigenvalue weighted by atomic mass is 35.5. The monoisotopic (exact) mass is 337 g/mol. The molecule has 0 unspecified atom stereocenters. The number of nitrogens with zero attached hydrogens (tertiary/aromatic N) is 1. The minimum atomic E-state index is 0.211. The molecule has 0 saturated heterocycles. The minimum Gasteiger partial charge on any atom is -0.294 e. The molecule has 0 amide bonds. The molecule has 0 N–H and O–H groups in total. The van der Waals surface area contributed by atoms with Crippen LogP contribution in [0.3, 0.4) is 0 Å². The lowest BCUT2D eigenvalue weighted by molar-refractivity contribution is -0.114. The molecular weight excluding hydrogens is 318 g/mol. The Morgan fingerprint density at radius 2 is 1.96 bits per heavy atom. The summed E-state index contributed by atoms with van der Waals surface area (Å²) in [6.07, 6.45) is 6.16. The van der Waals surface area contributed by atoms with Gasteiger partial charge in [0.05, 0.1) is 0 Å². The van der Waals surface area contributed by atoms with E-state index >= 15 is 0 Å². The number of hydrogen-bond acceptors (Lipinski definition) is 2. The molecule has 3 rings (SSSR count). The zero-order valence-corrected chi connectivity index (χ0v) is 14.7. The fraction of sp³-hybridized carbons (Fsp3) is 0.238. The molecule has 1 aliphatic carbocycles. The average molecular weight is 338 g/mol. The van der Waals surface area contributed by atoms with Crippen LogP contribution in [0.25, 0.3) is 5.57 Å². The zero-order valence-electron chi connectivity index (χ0n) is 14.0. The summed E-state index contributed by atoms with van der Waals surface area (Å²) in [7, 11) is 0. The third-order valence-corrected chi connectivity index (χ3v) is 4.67. The number of aromatic nitrogens is 1. The number of halogens is 1. The predicted molar refractivity (Wildman–Crippen MR) is 99.0 cm³/mol. The van der Waals surface area contributed by atoms with Crippen LogP contribution in [-0.4, -0.2) is 10.8 Å². The van der Waals surface area contributed by atoms with E-state index in [2.05, 4.69) is 17.1 Å². The molecule has 24 heavy (non-hydrogen) atoms. The first-order valence-corrected chi connectivity index (χ1v) is 8.52. The number of hydrogen-bond donors (Lipinski definition) is 0. The molecule has 1 aliphatic rings. The highest BCUT2D eigenvalue weighted by Crippen LogP contribution is 2.30. The Labute approximate surface area is 147 Å². The molecule has 0 bridgehead atoms. The Morgan fingerprint density at radius 1 is 1.12 bits per heavy atom. The van der Waals surface area contributed by atoms with E-state index in [9.17, 15) is 4.79 Å². The van der Waals surface area contributed by atoms with Gasteiger partial charge < -0.3 is 0 Å². The maximum atomic E-state index is 12.4. The fourth-order valence-electron chi connectivity index (χ4n) is 3.02. The van der Waals surface area contributed by atoms with Crippen molar-refractivity contribution in [1.29, 1.82) is 0 Å². The molecule has 0 fully saturated rings. The van der Waals surface area contributed by atoms with Crippen LogP contribution in [0.4, 0.5) is 0 Å². The van der Waals surface area contributed by atoms with E-state index in [1.54, 1.807) is 6.20 Å². The van der Waals surface area contributed by atoms with Crippen LogP contribution in [-0.2, 0) is 11.2 Å². The van der Waals surface area contributed by atoms with Crippen LogP contribution in [0.5, 0.6) is 0 Å². The molecule has 0 aliphatic heterocycles. The van der Waals surface area contributed by atoms with Crippen LogP contribution >= 0.6 is 11.6 Å². The molecule has 2 aromatic rings. The van der Waals surface area contributed by atoms with E-state index in [1.165, 1.54) is 5.56 Å². The van der Waals surface area contributed by atoms with Gasteiger partial charge in [0.2, 0.25) is 0 Å². The Hall–Kier alpha value is -2.19. The zero-order chi connectivity index (χ0) is 17.1. The Morgan fingerprint density at radius 3 is 2.71 bits per heavy atom. The second-order valence-corrected chi connectivity index (χ2v) is 6.67. The Bertz CT molecular complexity index is 848. The van der Waals surface area contributed by atoms with Crippen molar-refractivity contribution in [3.63, 3.8) is 0 Å². The van der Waals surface area contributed by atoms with Gasteiger partial charge in [-0.15, -0.1) is 0 Å². The average Bonchev–Trinajstić information content (AvgIpc) is 2.56. The molecule has 1 aromatic carbocycles. The SMILES string of the molecule is CC1=C(CCc2cccc(Cl)c2)C=C(c2ccnc(C)c2)CC1=O. The Balaban J connectivity index is 1.84. The quantitative estimate of drug-likeness (QED) is 0.752. The second kappa shape index (κ2) is 7.14. The summed E-state index contributed by atoms with van der Waals surface area (Å²) in [4.78, 5) is 16.6. The van der Waals surface area contributed by atoms with Crippen LogP contribution in [0.15, 0.2) is 59.8 Å². The lowest BCUT2D eigenvalue weighted by atomic mass is 9.86. The van der Waals surface area contributed by atoms with Crippen molar-refractivity contribution in [1.82, 2.24) is 4.98 Å². The summed E-state index contributed by atoms with van der Waals surface area (Å²) >= 11 is 6.05. The Kier molecular flexibility index (Phi) is 4.96. The van der Waals surface area contributed by atoms with Gasteiger partial charge in [-0.2, -0.15) is 0 Å². The summed E-state index contributed by atoms with van der Waals surface area (Å²) in [6.45, 7) is 3.90.